The number of hydrogen-bond donors (Lipinski definition) is 0. The first-order valence-corrected chi connectivity index (χ1v) is 20.8. The van der Waals surface area contributed by atoms with Crippen molar-refractivity contribution in [1.82, 2.24) is 0 Å². The van der Waals surface area contributed by atoms with E-state index in [-0.39, 0.29) is 6.71 Å². The molecule has 4 heterocycles. The van der Waals surface area contributed by atoms with E-state index in [2.05, 4.69) is 172 Å². The van der Waals surface area contributed by atoms with Crippen LogP contribution in [0, 0.1) is 0 Å². The summed E-state index contributed by atoms with van der Waals surface area (Å²) in [6.45, 7) is -0.252. The van der Waals surface area contributed by atoms with Crippen LogP contribution in [0.4, 0.5) is 51.2 Å². The third kappa shape index (κ3) is 5.33. The quantitative estimate of drug-likeness (QED) is 0.161. The van der Waals surface area contributed by atoms with E-state index >= 15 is 0 Å². The summed E-state index contributed by atoms with van der Waals surface area (Å²) in [7, 11) is 0. The van der Waals surface area contributed by atoms with Gasteiger partial charge in [0.2, 0.25) is 0 Å². The summed E-state index contributed by atoms with van der Waals surface area (Å²) in [4.78, 5) is 7.11. The van der Waals surface area contributed by atoms with Gasteiger partial charge in [-0.15, -0.1) is 0 Å². The van der Waals surface area contributed by atoms with Gasteiger partial charge in [-0.05, 0) is 113 Å². The number of rotatable bonds is 5. The summed E-state index contributed by atoms with van der Waals surface area (Å²) < 4.78 is 26.6. The Morgan fingerprint density at radius 1 is 0.306 bits per heavy atom. The summed E-state index contributed by atoms with van der Waals surface area (Å²) in [5.41, 5.74) is 12.5. The number of anilines is 9. The second-order valence-electron chi connectivity index (χ2n) is 15.7. The van der Waals surface area contributed by atoms with E-state index in [4.69, 9.17) is 18.9 Å². The van der Waals surface area contributed by atoms with Crippen molar-refractivity contribution in [1.29, 1.82) is 0 Å². The molecule has 292 valence electrons. The molecule has 0 radical (unpaired) electrons. The average molecular weight is 800 g/mol. The molecule has 62 heavy (non-hydrogen) atoms. The van der Waals surface area contributed by atoms with Crippen molar-refractivity contribution in [3.63, 3.8) is 0 Å². The van der Waals surface area contributed by atoms with Gasteiger partial charge in [0.15, 0.2) is 46.0 Å². The number of fused-ring (bicyclic) bond motifs is 8. The van der Waals surface area contributed by atoms with E-state index in [0.717, 1.165) is 67.6 Å². The largest absolute Gasteiger partial charge is 0.450 e. The zero-order valence-corrected chi connectivity index (χ0v) is 33.2. The summed E-state index contributed by atoms with van der Waals surface area (Å²) in [5, 5.41) is 0. The minimum Gasteiger partial charge on any atom is -0.450 e. The van der Waals surface area contributed by atoms with Gasteiger partial charge in [0.25, 0.3) is 6.71 Å². The Bertz CT molecular complexity index is 3010. The standard InChI is InChI=1S/C54H34BN3O4/c1-5-17-35(18-6-1)56(36-19-7-2-8-20-36)39-29-44-54-45(30-39)58(38-23-11-4-12-24-38)43-34-53-51(60-47-26-14-16-28-49(47)62-53)32-41(43)55(54)40-31-50-52(61-48-27-15-13-25-46(48)59-50)33-42(40)57(44)37-21-9-3-10-22-37/h1-34H. The molecule has 0 saturated carbocycles. The third-order valence-electron chi connectivity index (χ3n) is 12.1. The van der Waals surface area contributed by atoms with E-state index in [1.807, 2.05) is 48.5 Å². The van der Waals surface area contributed by atoms with Crippen molar-refractivity contribution in [3.05, 3.63) is 206 Å². The van der Waals surface area contributed by atoms with Crippen molar-refractivity contribution >= 4 is 74.3 Å². The van der Waals surface area contributed by atoms with Gasteiger partial charge in [-0.2, -0.15) is 0 Å². The Hall–Kier alpha value is -8.36. The maximum atomic E-state index is 6.66. The second kappa shape index (κ2) is 13.6. The lowest BCUT2D eigenvalue weighted by atomic mass is 9.33. The van der Waals surface area contributed by atoms with Crippen LogP contribution < -0.4 is 50.0 Å². The maximum absolute atomic E-state index is 6.66. The summed E-state index contributed by atoms with van der Waals surface area (Å²) in [6.07, 6.45) is 0. The van der Waals surface area contributed by atoms with Crippen LogP contribution in [0.15, 0.2) is 206 Å². The fourth-order valence-corrected chi connectivity index (χ4v) is 9.46. The topological polar surface area (TPSA) is 46.6 Å². The van der Waals surface area contributed by atoms with E-state index in [9.17, 15) is 0 Å². The number of nitrogens with zero attached hydrogens (tertiary/aromatic N) is 3. The molecule has 0 amide bonds. The van der Waals surface area contributed by atoms with Gasteiger partial charge in [0.05, 0.1) is 5.69 Å². The molecular formula is C54H34BN3O4. The number of hydrogen-bond acceptors (Lipinski definition) is 7. The second-order valence-corrected chi connectivity index (χ2v) is 15.7. The van der Waals surface area contributed by atoms with Crippen LogP contribution in [0.2, 0.25) is 0 Å². The smallest absolute Gasteiger partial charge is 0.252 e. The lowest BCUT2D eigenvalue weighted by Gasteiger charge is -2.45. The van der Waals surface area contributed by atoms with E-state index in [1.54, 1.807) is 0 Å². The van der Waals surface area contributed by atoms with E-state index < -0.39 is 0 Å². The van der Waals surface area contributed by atoms with E-state index in [0.29, 0.717) is 46.0 Å². The molecule has 0 fully saturated rings. The number of benzene rings is 9. The lowest BCUT2D eigenvalue weighted by molar-refractivity contribution is 0.360. The molecule has 9 aromatic rings. The van der Waals surface area contributed by atoms with Gasteiger partial charge in [0.1, 0.15) is 0 Å². The Morgan fingerprint density at radius 3 is 1.03 bits per heavy atom. The molecular weight excluding hydrogens is 765 g/mol. The van der Waals surface area contributed by atoms with Gasteiger partial charge >= 0.3 is 0 Å². The first-order valence-electron chi connectivity index (χ1n) is 20.8. The normalized spacial score (nSPS) is 13.3. The molecule has 0 N–H and O–H groups in total. The van der Waals surface area contributed by atoms with Crippen LogP contribution in [0.1, 0.15) is 0 Å². The predicted molar refractivity (Wildman–Crippen MR) is 248 cm³/mol. The fraction of sp³-hybridized carbons (Fsp3) is 0. The Labute approximate surface area is 358 Å². The lowest BCUT2D eigenvalue weighted by Crippen LogP contribution is -2.61. The van der Waals surface area contributed by atoms with Crippen LogP contribution in [0.25, 0.3) is 0 Å². The molecule has 0 unspecified atom stereocenters. The molecule has 0 saturated heterocycles. The summed E-state index contributed by atoms with van der Waals surface area (Å²) in [6, 6.07) is 71.3. The van der Waals surface area contributed by atoms with Gasteiger partial charge in [-0.3, -0.25) is 0 Å². The molecule has 0 aromatic heterocycles. The van der Waals surface area contributed by atoms with Gasteiger partial charge in [0, 0.05) is 57.6 Å². The Balaban J connectivity index is 1.14. The van der Waals surface area contributed by atoms with Gasteiger partial charge in [-0.1, -0.05) is 97.1 Å². The van der Waals surface area contributed by atoms with Crippen molar-refractivity contribution in [2.45, 2.75) is 0 Å². The molecule has 9 aromatic carbocycles. The zero-order chi connectivity index (χ0) is 40.7. The molecule has 0 aliphatic carbocycles. The van der Waals surface area contributed by atoms with Crippen molar-refractivity contribution in [3.8, 4) is 46.0 Å². The highest BCUT2D eigenvalue weighted by Gasteiger charge is 2.46. The highest BCUT2D eigenvalue weighted by molar-refractivity contribution is 7.00. The zero-order valence-electron chi connectivity index (χ0n) is 33.2. The van der Waals surface area contributed by atoms with Crippen molar-refractivity contribution in [2.24, 2.45) is 0 Å². The number of para-hydroxylation sites is 8. The predicted octanol–water partition coefficient (Wildman–Crippen LogP) is 13.0. The van der Waals surface area contributed by atoms with Crippen molar-refractivity contribution < 1.29 is 18.9 Å². The molecule has 7 nitrogen and oxygen atoms in total. The van der Waals surface area contributed by atoms with Crippen LogP contribution in [0.5, 0.6) is 46.0 Å². The highest BCUT2D eigenvalue weighted by atomic mass is 16.6. The number of ether oxygens (including phenoxy) is 4. The molecule has 0 atom stereocenters. The SMILES string of the molecule is c1ccc(N(c2ccccc2)c2cc3c4c(c2)N(c2ccccc2)c2cc5c(cc2B4c2cc4c(cc2N3c2ccccc2)Oc2ccccc2O4)Oc2ccccc2O5)cc1. The molecule has 4 aliphatic heterocycles. The fourth-order valence-electron chi connectivity index (χ4n) is 9.46. The monoisotopic (exact) mass is 799 g/mol. The van der Waals surface area contributed by atoms with Crippen LogP contribution >= 0.6 is 0 Å². The van der Waals surface area contributed by atoms with Crippen molar-refractivity contribution in [2.75, 3.05) is 14.7 Å². The summed E-state index contributed by atoms with van der Waals surface area (Å²) >= 11 is 0. The molecule has 0 spiro atoms. The molecule has 4 aliphatic rings. The maximum Gasteiger partial charge on any atom is 0.252 e. The minimum atomic E-state index is -0.252. The van der Waals surface area contributed by atoms with Gasteiger partial charge < -0.3 is 33.6 Å². The molecule has 13 rings (SSSR count). The highest BCUT2D eigenvalue weighted by Crippen LogP contribution is 2.54. The van der Waals surface area contributed by atoms with E-state index in [1.165, 1.54) is 0 Å². The third-order valence-corrected chi connectivity index (χ3v) is 12.1. The first kappa shape index (κ1) is 34.5. The Kier molecular flexibility index (Phi) is 7.56. The van der Waals surface area contributed by atoms with Crippen LogP contribution in [-0.2, 0) is 0 Å². The average Bonchev–Trinajstić information content (AvgIpc) is 3.33. The summed E-state index contributed by atoms with van der Waals surface area (Å²) in [5.74, 6) is 5.35. The first-order chi connectivity index (χ1) is 30.7. The minimum absolute atomic E-state index is 0.252. The molecule has 0 bridgehead atoms. The Morgan fingerprint density at radius 2 is 0.645 bits per heavy atom. The van der Waals surface area contributed by atoms with Gasteiger partial charge in [-0.25, -0.2) is 0 Å². The molecule has 8 heteroatoms. The van der Waals surface area contributed by atoms with Crippen LogP contribution in [-0.4, -0.2) is 6.71 Å². The van der Waals surface area contributed by atoms with Crippen LogP contribution in [0.3, 0.4) is 0 Å².